The van der Waals surface area contributed by atoms with Crippen molar-refractivity contribution in [2.24, 2.45) is 5.92 Å². The molecule has 0 bridgehead atoms. The fourth-order valence-electron chi connectivity index (χ4n) is 3.30. The molecule has 4 nitrogen and oxygen atoms in total. The lowest BCUT2D eigenvalue weighted by Crippen LogP contribution is -2.43. The van der Waals surface area contributed by atoms with Gasteiger partial charge >= 0.3 is 5.97 Å². The summed E-state index contributed by atoms with van der Waals surface area (Å²) in [5.74, 6) is -1.16. The predicted molar refractivity (Wildman–Crippen MR) is 70.9 cm³/mol. The number of carbonyl (C=O) groups is 2. The Bertz CT molecular complexity index is 572. The molecule has 20 heavy (non-hydrogen) atoms. The van der Waals surface area contributed by atoms with Crippen LogP contribution in [0, 0.1) is 11.7 Å². The van der Waals surface area contributed by atoms with Crippen LogP contribution >= 0.6 is 0 Å². The molecule has 1 saturated carbocycles. The summed E-state index contributed by atoms with van der Waals surface area (Å²) in [5.41, 5.74) is 1.32. The third-order valence-electron chi connectivity index (χ3n) is 4.13. The Labute approximate surface area is 116 Å². The highest BCUT2D eigenvalue weighted by atomic mass is 19.1. The normalized spacial score (nSPS) is 27.5. The zero-order valence-electron chi connectivity index (χ0n) is 11.2. The Kier molecular flexibility index (Phi) is 3.20. The first kappa shape index (κ1) is 13.1. The molecule has 1 aromatic rings. The molecule has 0 amide bonds. The van der Waals surface area contributed by atoms with Crippen molar-refractivity contribution in [2.75, 3.05) is 11.9 Å². The molecular formula is C15H16FNO3. The van der Waals surface area contributed by atoms with E-state index in [0.29, 0.717) is 30.7 Å². The van der Waals surface area contributed by atoms with Crippen molar-refractivity contribution in [1.82, 2.24) is 0 Å². The number of carbonyl (C=O) groups excluding carboxylic acids is 2. The summed E-state index contributed by atoms with van der Waals surface area (Å²) in [4.78, 5) is 24.2. The van der Waals surface area contributed by atoms with Crippen LogP contribution in [0.15, 0.2) is 18.2 Å². The molecule has 0 aromatic heterocycles. The van der Waals surface area contributed by atoms with Crippen molar-refractivity contribution in [3.63, 3.8) is 0 Å². The molecule has 0 saturated heterocycles. The SMILES string of the molecule is CCOC(=O)C1Nc2ccc(F)cc2C2C(=O)CCC12. The first-order valence-corrected chi connectivity index (χ1v) is 6.87. The fraction of sp³-hybridized carbons (Fsp3) is 0.467. The van der Waals surface area contributed by atoms with E-state index in [4.69, 9.17) is 4.74 Å². The van der Waals surface area contributed by atoms with Gasteiger partial charge in [-0.25, -0.2) is 9.18 Å². The zero-order valence-corrected chi connectivity index (χ0v) is 11.2. The van der Waals surface area contributed by atoms with Gasteiger partial charge in [0, 0.05) is 18.0 Å². The lowest BCUT2D eigenvalue weighted by atomic mass is 9.79. The van der Waals surface area contributed by atoms with Crippen molar-refractivity contribution in [2.45, 2.75) is 31.7 Å². The lowest BCUT2D eigenvalue weighted by Gasteiger charge is -2.34. The van der Waals surface area contributed by atoms with Crippen LogP contribution < -0.4 is 5.32 Å². The molecule has 1 fully saturated rings. The molecule has 1 aliphatic carbocycles. The number of hydrogen-bond acceptors (Lipinski definition) is 4. The standard InChI is InChI=1S/C15H16FNO3/c1-2-20-15(19)14-9-4-6-12(18)13(9)10-7-8(16)3-5-11(10)17-14/h3,5,7,9,13-14,17H,2,4,6H2,1H3. The Hall–Kier alpha value is -1.91. The number of esters is 1. The molecule has 1 aliphatic heterocycles. The van der Waals surface area contributed by atoms with E-state index >= 15 is 0 Å². The maximum Gasteiger partial charge on any atom is 0.328 e. The number of ether oxygens (including phenoxy) is 1. The topological polar surface area (TPSA) is 55.4 Å². The van der Waals surface area contributed by atoms with Crippen molar-refractivity contribution in [3.8, 4) is 0 Å². The van der Waals surface area contributed by atoms with E-state index in [1.807, 2.05) is 0 Å². The summed E-state index contributed by atoms with van der Waals surface area (Å²) in [7, 11) is 0. The van der Waals surface area contributed by atoms with Crippen LogP contribution in [0.1, 0.15) is 31.2 Å². The van der Waals surface area contributed by atoms with Crippen LogP contribution in [0.3, 0.4) is 0 Å². The molecule has 3 unspecified atom stereocenters. The minimum Gasteiger partial charge on any atom is -0.464 e. The molecule has 0 radical (unpaired) electrons. The quantitative estimate of drug-likeness (QED) is 0.842. The Balaban J connectivity index is 2.02. The number of benzene rings is 1. The van der Waals surface area contributed by atoms with Crippen LogP contribution in [-0.2, 0) is 14.3 Å². The monoisotopic (exact) mass is 277 g/mol. The van der Waals surface area contributed by atoms with Gasteiger partial charge in [0.2, 0.25) is 0 Å². The molecule has 106 valence electrons. The van der Waals surface area contributed by atoms with Crippen molar-refractivity contribution in [3.05, 3.63) is 29.6 Å². The number of Topliss-reactive ketones (excluding diaryl/α,β-unsaturated/α-hetero) is 1. The van der Waals surface area contributed by atoms with E-state index in [0.717, 1.165) is 0 Å². The average Bonchev–Trinajstić information content (AvgIpc) is 2.81. The maximum atomic E-state index is 13.4. The van der Waals surface area contributed by atoms with Gasteiger partial charge in [0.1, 0.15) is 17.6 Å². The highest BCUT2D eigenvalue weighted by molar-refractivity contribution is 5.94. The second kappa shape index (κ2) is 4.89. The number of ketones is 1. The Morgan fingerprint density at radius 2 is 2.30 bits per heavy atom. The van der Waals surface area contributed by atoms with E-state index < -0.39 is 12.0 Å². The average molecular weight is 277 g/mol. The van der Waals surface area contributed by atoms with Gasteiger partial charge in [0.15, 0.2) is 0 Å². The predicted octanol–water partition coefficient (Wildman–Crippen LogP) is 2.25. The van der Waals surface area contributed by atoms with Gasteiger partial charge in [-0.1, -0.05) is 0 Å². The fourth-order valence-corrected chi connectivity index (χ4v) is 3.30. The van der Waals surface area contributed by atoms with Crippen molar-refractivity contribution >= 4 is 17.4 Å². The second-order valence-corrected chi connectivity index (χ2v) is 5.25. The van der Waals surface area contributed by atoms with E-state index in [1.165, 1.54) is 12.1 Å². The summed E-state index contributed by atoms with van der Waals surface area (Å²) in [6, 6.07) is 3.78. The van der Waals surface area contributed by atoms with Gasteiger partial charge in [-0.15, -0.1) is 0 Å². The van der Waals surface area contributed by atoms with Crippen LogP contribution in [0.2, 0.25) is 0 Å². The smallest absolute Gasteiger partial charge is 0.328 e. The largest absolute Gasteiger partial charge is 0.464 e. The van der Waals surface area contributed by atoms with Gasteiger partial charge in [-0.05, 0) is 37.1 Å². The van der Waals surface area contributed by atoms with Crippen LogP contribution in [-0.4, -0.2) is 24.4 Å². The summed E-state index contributed by atoms with van der Waals surface area (Å²) in [5, 5.41) is 3.11. The molecule has 3 rings (SSSR count). The molecule has 5 heteroatoms. The van der Waals surface area contributed by atoms with Crippen molar-refractivity contribution < 1.29 is 18.7 Å². The number of fused-ring (bicyclic) bond motifs is 3. The molecule has 2 aliphatic rings. The molecule has 1 heterocycles. The summed E-state index contributed by atoms with van der Waals surface area (Å²) in [6.07, 6.45) is 1.07. The first-order chi connectivity index (χ1) is 9.61. The minimum absolute atomic E-state index is 0.0812. The summed E-state index contributed by atoms with van der Waals surface area (Å²) < 4.78 is 18.5. The summed E-state index contributed by atoms with van der Waals surface area (Å²) in [6.45, 7) is 2.06. The number of hydrogen-bond donors (Lipinski definition) is 1. The number of rotatable bonds is 2. The van der Waals surface area contributed by atoms with E-state index in [2.05, 4.69) is 5.32 Å². The summed E-state index contributed by atoms with van der Waals surface area (Å²) >= 11 is 0. The lowest BCUT2D eigenvalue weighted by molar-refractivity contribution is -0.145. The second-order valence-electron chi connectivity index (χ2n) is 5.25. The van der Waals surface area contributed by atoms with Gasteiger partial charge in [-0.3, -0.25) is 4.79 Å². The van der Waals surface area contributed by atoms with Gasteiger partial charge in [0.05, 0.1) is 12.5 Å². The first-order valence-electron chi connectivity index (χ1n) is 6.87. The zero-order chi connectivity index (χ0) is 14.3. The van der Waals surface area contributed by atoms with Crippen LogP contribution in [0.25, 0.3) is 0 Å². The maximum absolute atomic E-state index is 13.4. The molecule has 1 aromatic carbocycles. The molecule has 3 atom stereocenters. The highest BCUT2D eigenvalue weighted by Crippen LogP contribution is 2.46. The number of halogens is 1. The molecule has 1 N–H and O–H groups in total. The number of nitrogens with one attached hydrogen (secondary N) is 1. The molecular weight excluding hydrogens is 261 g/mol. The van der Waals surface area contributed by atoms with Crippen LogP contribution in [0.5, 0.6) is 0 Å². The Morgan fingerprint density at radius 3 is 3.05 bits per heavy atom. The van der Waals surface area contributed by atoms with Crippen LogP contribution in [0.4, 0.5) is 10.1 Å². The number of anilines is 1. The van der Waals surface area contributed by atoms with E-state index in [-0.39, 0.29) is 23.5 Å². The third kappa shape index (κ3) is 1.97. The van der Waals surface area contributed by atoms with Gasteiger partial charge in [0.25, 0.3) is 0 Å². The highest BCUT2D eigenvalue weighted by Gasteiger charge is 2.47. The van der Waals surface area contributed by atoms with E-state index in [9.17, 15) is 14.0 Å². The molecule has 0 spiro atoms. The Morgan fingerprint density at radius 1 is 1.50 bits per heavy atom. The van der Waals surface area contributed by atoms with Crippen molar-refractivity contribution in [1.29, 1.82) is 0 Å². The third-order valence-corrected chi connectivity index (χ3v) is 4.13. The van der Waals surface area contributed by atoms with Gasteiger partial charge < -0.3 is 10.1 Å². The minimum atomic E-state index is -0.524. The van der Waals surface area contributed by atoms with Gasteiger partial charge in [-0.2, -0.15) is 0 Å². The van der Waals surface area contributed by atoms with E-state index in [1.54, 1.807) is 13.0 Å².